The summed E-state index contributed by atoms with van der Waals surface area (Å²) in [6.07, 6.45) is 10.8. The highest BCUT2D eigenvalue weighted by molar-refractivity contribution is 5.76. The van der Waals surface area contributed by atoms with E-state index in [0.717, 1.165) is 25.7 Å². The molecule has 2 fully saturated rings. The minimum Gasteiger partial charge on any atom is -0.396 e. The molecule has 0 spiro atoms. The van der Waals surface area contributed by atoms with Crippen molar-refractivity contribution in [3.63, 3.8) is 0 Å². The topological polar surface area (TPSA) is 75.4 Å². The predicted molar refractivity (Wildman–Crippen MR) is 80.2 cm³/mol. The Morgan fingerprint density at radius 2 is 1.55 bits per heavy atom. The third-order valence-corrected chi connectivity index (χ3v) is 5.54. The standard InChI is InChI=1S/C16H30N2O2/c17-11-15(6-2-1-3-7-15)10-14(20)18-12-16(13-19)8-4-5-9-16/h19H,1-13,17H2,(H,18,20). The summed E-state index contributed by atoms with van der Waals surface area (Å²) < 4.78 is 0. The van der Waals surface area contributed by atoms with Gasteiger partial charge in [-0.05, 0) is 37.6 Å². The van der Waals surface area contributed by atoms with E-state index >= 15 is 0 Å². The second-order valence-corrected chi connectivity index (χ2v) is 7.08. The van der Waals surface area contributed by atoms with Crippen LogP contribution in [0.2, 0.25) is 0 Å². The zero-order valence-electron chi connectivity index (χ0n) is 12.6. The zero-order chi connectivity index (χ0) is 14.5. The Bertz CT molecular complexity index is 318. The Kier molecular flexibility index (Phi) is 5.44. The Morgan fingerprint density at radius 1 is 1.00 bits per heavy atom. The molecule has 0 aliphatic heterocycles. The molecule has 2 aliphatic rings. The minimum absolute atomic E-state index is 0.0321. The van der Waals surface area contributed by atoms with Gasteiger partial charge >= 0.3 is 0 Å². The van der Waals surface area contributed by atoms with Crippen molar-refractivity contribution in [2.45, 2.75) is 64.2 Å². The van der Waals surface area contributed by atoms with Gasteiger partial charge in [0.2, 0.25) is 5.91 Å². The molecular formula is C16H30N2O2. The lowest BCUT2D eigenvalue weighted by atomic mass is 9.71. The molecule has 0 heterocycles. The van der Waals surface area contributed by atoms with Crippen molar-refractivity contribution < 1.29 is 9.90 Å². The lowest BCUT2D eigenvalue weighted by Crippen LogP contribution is -2.42. The van der Waals surface area contributed by atoms with Gasteiger partial charge in [-0.3, -0.25) is 4.79 Å². The van der Waals surface area contributed by atoms with Crippen LogP contribution in [0.25, 0.3) is 0 Å². The van der Waals surface area contributed by atoms with E-state index in [4.69, 9.17) is 5.73 Å². The van der Waals surface area contributed by atoms with Crippen LogP contribution in [0.15, 0.2) is 0 Å². The van der Waals surface area contributed by atoms with Crippen molar-refractivity contribution in [2.24, 2.45) is 16.6 Å². The third kappa shape index (κ3) is 3.73. The Balaban J connectivity index is 1.82. The third-order valence-electron chi connectivity index (χ3n) is 5.54. The summed E-state index contributed by atoms with van der Waals surface area (Å²) in [6, 6.07) is 0. The molecule has 0 aromatic carbocycles. The van der Waals surface area contributed by atoms with Crippen LogP contribution in [-0.4, -0.2) is 30.7 Å². The van der Waals surface area contributed by atoms with Gasteiger partial charge in [-0.1, -0.05) is 32.1 Å². The van der Waals surface area contributed by atoms with Gasteiger partial charge in [-0.25, -0.2) is 0 Å². The van der Waals surface area contributed by atoms with Crippen LogP contribution < -0.4 is 11.1 Å². The van der Waals surface area contributed by atoms with Gasteiger partial charge < -0.3 is 16.2 Å². The molecule has 0 atom stereocenters. The van der Waals surface area contributed by atoms with Crippen LogP contribution >= 0.6 is 0 Å². The largest absolute Gasteiger partial charge is 0.396 e. The smallest absolute Gasteiger partial charge is 0.220 e. The van der Waals surface area contributed by atoms with Crippen LogP contribution in [0.3, 0.4) is 0 Å². The van der Waals surface area contributed by atoms with E-state index in [-0.39, 0.29) is 23.3 Å². The first kappa shape index (κ1) is 15.8. The summed E-state index contributed by atoms with van der Waals surface area (Å²) in [7, 11) is 0. The second-order valence-electron chi connectivity index (χ2n) is 7.08. The zero-order valence-corrected chi connectivity index (χ0v) is 12.6. The first-order valence-corrected chi connectivity index (χ1v) is 8.21. The Morgan fingerprint density at radius 3 is 2.10 bits per heavy atom. The monoisotopic (exact) mass is 282 g/mol. The Labute approximate surface area is 122 Å². The second kappa shape index (κ2) is 6.90. The number of carbonyl (C=O) groups is 1. The number of nitrogens with two attached hydrogens (primary N) is 1. The summed E-state index contributed by atoms with van der Waals surface area (Å²) in [5.41, 5.74) is 5.91. The van der Waals surface area contributed by atoms with Crippen molar-refractivity contribution in [1.29, 1.82) is 0 Å². The summed E-state index contributed by atoms with van der Waals surface area (Å²) in [4.78, 5) is 12.2. The number of amides is 1. The van der Waals surface area contributed by atoms with Crippen LogP contribution in [0.5, 0.6) is 0 Å². The molecule has 4 heteroatoms. The molecule has 0 radical (unpaired) electrons. The van der Waals surface area contributed by atoms with Gasteiger partial charge in [-0.2, -0.15) is 0 Å². The molecule has 2 rings (SSSR count). The minimum atomic E-state index is -0.0574. The van der Waals surface area contributed by atoms with Gasteiger partial charge in [0, 0.05) is 18.4 Å². The number of hydrogen-bond acceptors (Lipinski definition) is 3. The molecule has 4 nitrogen and oxygen atoms in total. The first-order chi connectivity index (χ1) is 9.64. The van der Waals surface area contributed by atoms with Crippen molar-refractivity contribution in [2.75, 3.05) is 19.7 Å². The maximum absolute atomic E-state index is 12.2. The number of rotatable bonds is 6. The molecule has 116 valence electrons. The summed E-state index contributed by atoms with van der Waals surface area (Å²) in [6.45, 7) is 1.43. The first-order valence-electron chi connectivity index (χ1n) is 8.21. The number of carbonyl (C=O) groups excluding carboxylic acids is 1. The lowest BCUT2D eigenvalue weighted by molar-refractivity contribution is -0.124. The van der Waals surface area contributed by atoms with Crippen LogP contribution in [-0.2, 0) is 4.79 Å². The summed E-state index contributed by atoms with van der Waals surface area (Å²) >= 11 is 0. The molecule has 1 amide bonds. The van der Waals surface area contributed by atoms with E-state index in [9.17, 15) is 9.90 Å². The average molecular weight is 282 g/mol. The van der Waals surface area contributed by atoms with Crippen LogP contribution in [0, 0.1) is 10.8 Å². The van der Waals surface area contributed by atoms with E-state index in [1.54, 1.807) is 0 Å². The highest BCUT2D eigenvalue weighted by Gasteiger charge is 2.36. The van der Waals surface area contributed by atoms with E-state index in [1.165, 1.54) is 32.1 Å². The molecule has 2 saturated carbocycles. The van der Waals surface area contributed by atoms with E-state index in [0.29, 0.717) is 19.5 Å². The SMILES string of the molecule is NCC1(CC(=O)NCC2(CO)CCCC2)CCCCC1. The molecule has 2 aliphatic carbocycles. The normalized spacial score (nSPS) is 24.5. The van der Waals surface area contributed by atoms with Gasteiger partial charge in [0.05, 0.1) is 6.61 Å². The molecule has 0 aromatic heterocycles. The van der Waals surface area contributed by atoms with Crippen molar-refractivity contribution in [3.8, 4) is 0 Å². The van der Waals surface area contributed by atoms with Crippen LogP contribution in [0.4, 0.5) is 0 Å². The molecule has 0 saturated heterocycles. The average Bonchev–Trinajstić information content (AvgIpc) is 2.96. The number of aliphatic hydroxyl groups is 1. The Hall–Kier alpha value is -0.610. The molecule has 0 unspecified atom stereocenters. The number of aliphatic hydroxyl groups excluding tert-OH is 1. The van der Waals surface area contributed by atoms with E-state index in [1.807, 2.05) is 0 Å². The predicted octanol–water partition coefficient (Wildman–Crippen LogP) is 1.95. The van der Waals surface area contributed by atoms with Gasteiger partial charge in [0.15, 0.2) is 0 Å². The summed E-state index contributed by atoms with van der Waals surface area (Å²) in [5, 5.41) is 12.6. The fourth-order valence-electron chi connectivity index (χ4n) is 3.96. The number of hydrogen-bond donors (Lipinski definition) is 3. The van der Waals surface area contributed by atoms with Gasteiger partial charge in [-0.15, -0.1) is 0 Å². The van der Waals surface area contributed by atoms with Crippen molar-refractivity contribution in [1.82, 2.24) is 5.32 Å². The molecule has 4 N–H and O–H groups in total. The van der Waals surface area contributed by atoms with Crippen LogP contribution in [0.1, 0.15) is 64.2 Å². The molecular weight excluding hydrogens is 252 g/mol. The number of nitrogens with one attached hydrogen (secondary N) is 1. The highest BCUT2D eigenvalue weighted by Crippen LogP contribution is 2.39. The highest BCUT2D eigenvalue weighted by atomic mass is 16.3. The maximum atomic E-state index is 12.2. The van der Waals surface area contributed by atoms with Crippen molar-refractivity contribution in [3.05, 3.63) is 0 Å². The van der Waals surface area contributed by atoms with Gasteiger partial charge in [0.1, 0.15) is 0 Å². The lowest BCUT2D eigenvalue weighted by Gasteiger charge is -2.36. The van der Waals surface area contributed by atoms with E-state index in [2.05, 4.69) is 5.32 Å². The summed E-state index contributed by atoms with van der Waals surface area (Å²) in [5.74, 6) is 0.122. The maximum Gasteiger partial charge on any atom is 0.220 e. The quantitative estimate of drug-likeness (QED) is 0.697. The fourth-order valence-corrected chi connectivity index (χ4v) is 3.96. The van der Waals surface area contributed by atoms with E-state index < -0.39 is 0 Å². The van der Waals surface area contributed by atoms with Gasteiger partial charge in [0.25, 0.3) is 0 Å². The fraction of sp³-hybridized carbons (Fsp3) is 0.938. The molecule has 0 bridgehead atoms. The molecule has 20 heavy (non-hydrogen) atoms. The molecule has 0 aromatic rings. The van der Waals surface area contributed by atoms with Crippen molar-refractivity contribution >= 4 is 5.91 Å².